The van der Waals surface area contributed by atoms with Gasteiger partial charge in [0.15, 0.2) is 5.16 Å². The Morgan fingerprint density at radius 2 is 2.09 bits per heavy atom. The highest BCUT2D eigenvalue weighted by Crippen LogP contribution is 2.34. The number of nitrogens with one attached hydrogen (secondary N) is 2. The fourth-order valence-corrected chi connectivity index (χ4v) is 3.40. The molecule has 0 saturated carbocycles. The van der Waals surface area contributed by atoms with Gasteiger partial charge in [-0.3, -0.25) is 9.59 Å². The van der Waals surface area contributed by atoms with Crippen LogP contribution in [-0.4, -0.2) is 21.6 Å². The molecular weight excluding hydrogens is 378 g/mol. The van der Waals surface area contributed by atoms with E-state index in [4.69, 9.17) is 0 Å². The average Bonchev–Trinajstić information content (AvgIpc) is 2.52. The van der Waals surface area contributed by atoms with Gasteiger partial charge in [0.1, 0.15) is 5.82 Å². The second-order valence-electron chi connectivity index (χ2n) is 5.09. The molecule has 0 fully saturated rings. The first kappa shape index (κ1) is 16.0. The van der Waals surface area contributed by atoms with Crippen LogP contribution in [0.3, 0.4) is 0 Å². The van der Waals surface area contributed by atoms with Crippen molar-refractivity contribution < 1.29 is 4.79 Å². The minimum Gasteiger partial charge on any atom is -0.310 e. The van der Waals surface area contributed by atoms with Crippen LogP contribution in [0.4, 0.5) is 5.82 Å². The number of halogens is 1. The lowest BCUT2D eigenvalue weighted by Crippen LogP contribution is -2.31. The Morgan fingerprint density at radius 1 is 1.35 bits per heavy atom. The van der Waals surface area contributed by atoms with E-state index in [9.17, 15) is 9.59 Å². The Hall–Kier alpha value is -1.86. The minimum atomic E-state index is -0.290. The van der Waals surface area contributed by atoms with Crippen molar-refractivity contribution in [3.8, 4) is 0 Å². The fourth-order valence-electron chi connectivity index (χ4n) is 2.54. The van der Waals surface area contributed by atoms with Gasteiger partial charge < -0.3 is 10.3 Å². The van der Waals surface area contributed by atoms with Crippen molar-refractivity contribution in [1.29, 1.82) is 0 Å². The number of thioether (sulfide) groups is 1. The van der Waals surface area contributed by atoms with Gasteiger partial charge in [0, 0.05) is 22.6 Å². The van der Waals surface area contributed by atoms with Crippen LogP contribution in [0.25, 0.3) is 0 Å². The van der Waals surface area contributed by atoms with E-state index >= 15 is 0 Å². The molecule has 0 spiro atoms. The van der Waals surface area contributed by atoms with Crippen LogP contribution < -0.4 is 10.9 Å². The Kier molecular flexibility index (Phi) is 4.68. The van der Waals surface area contributed by atoms with E-state index in [-0.39, 0.29) is 23.8 Å². The first-order valence-corrected chi connectivity index (χ1v) is 8.79. The van der Waals surface area contributed by atoms with Crippen molar-refractivity contribution in [2.75, 3.05) is 11.1 Å². The molecule has 1 atom stereocenters. The van der Waals surface area contributed by atoms with E-state index in [2.05, 4.69) is 37.8 Å². The molecule has 23 heavy (non-hydrogen) atoms. The number of fused-ring (bicyclic) bond motifs is 1. The molecule has 0 radical (unpaired) electrons. The number of rotatable bonds is 4. The second-order valence-corrected chi connectivity index (χ2v) is 7.01. The van der Waals surface area contributed by atoms with Crippen LogP contribution in [0.5, 0.6) is 0 Å². The summed E-state index contributed by atoms with van der Waals surface area (Å²) in [6.45, 7) is 3.64. The van der Waals surface area contributed by atoms with Crippen LogP contribution in [-0.2, 0) is 4.79 Å². The lowest BCUT2D eigenvalue weighted by Gasteiger charge is -2.24. The molecule has 0 saturated heterocycles. The van der Waals surface area contributed by atoms with Crippen molar-refractivity contribution in [2.45, 2.75) is 17.5 Å². The third-order valence-corrected chi connectivity index (χ3v) is 4.94. The maximum absolute atomic E-state index is 12.5. The molecule has 2 aromatic rings. The molecule has 1 amide bonds. The highest BCUT2D eigenvalue weighted by molar-refractivity contribution is 9.10. The van der Waals surface area contributed by atoms with Gasteiger partial charge in [-0.05, 0) is 17.7 Å². The third-order valence-electron chi connectivity index (χ3n) is 3.54. The number of carbonyl (C=O) groups excluding carboxylic acids is 1. The summed E-state index contributed by atoms with van der Waals surface area (Å²) in [6.07, 6.45) is 1.96. The number of hydrogen-bond donors (Lipinski definition) is 2. The smallest absolute Gasteiger partial charge is 0.257 e. The van der Waals surface area contributed by atoms with E-state index < -0.39 is 0 Å². The monoisotopic (exact) mass is 391 g/mol. The van der Waals surface area contributed by atoms with Crippen molar-refractivity contribution in [3.63, 3.8) is 0 Å². The number of amides is 1. The molecule has 3 rings (SSSR count). The number of anilines is 1. The molecule has 2 N–H and O–H groups in total. The maximum Gasteiger partial charge on any atom is 0.257 e. The lowest BCUT2D eigenvalue weighted by atomic mass is 9.87. The summed E-state index contributed by atoms with van der Waals surface area (Å²) < 4.78 is 0.949. The molecule has 1 aliphatic heterocycles. The first-order valence-electron chi connectivity index (χ1n) is 7.01. The van der Waals surface area contributed by atoms with E-state index in [0.29, 0.717) is 22.3 Å². The molecule has 1 aromatic carbocycles. The van der Waals surface area contributed by atoms with Gasteiger partial charge in [-0.15, -0.1) is 6.58 Å². The van der Waals surface area contributed by atoms with Crippen molar-refractivity contribution in [1.82, 2.24) is 9.97 Å². The normalized spacial score (nSPS) is 16.6. The number of H-pyrrole nitrogens is 1. The SMILES string of the molecule is C=CCSc1nc2c(c(=O)[nH]1)[C@H](c1ccc(Br)cc1)CC(=O)N2. The van der Waals surface area contributed by atoms with Gasteiger partial charge in [-0.1, -0.05) is 45.9 Å². The number of aromatic amines is 1. The molecule has 118 valence electrons. The molecule has 1 aliphatic rings. The Bertz CT molecular complexity index is 817. The molecule has 0 unspecified atom stereocenters. The number of carbonyl (C=O) groups is 1. The topological polar surface area (TPSA) is 74.8 Å². The minimum absolute atomic E-state index is 0.136. The zero-order valence-corrected chi connectivity index (χ0v) is 14.5. The van der Waals surface area contributed by atoms with Gasteiger partial charge in [0.2, 0.25) is 5.91 Å². The van der Waals surface area contributed by atoms with Crippen molar-refractivity contribution in [3.05, 3.63) is 62.9 Å². The van der Waals surface area contributed by atoms with Crippen molar-refractivity contribution in [2.24, 2.45) is 0 Å². The van der Waals surface area contributed by atoms with Crippen LogP contribution >= 0.6 is 27.7 Å². The van der Waals surface area contributed by atoms with Crippen LogP contribution in [0.15, 0.2) is 51.3 Å². The molecule has 0 aliphatic carbocycles. The quantitative estimate of drug-likeness (QED) is 0.476. The van der Waals surface area contributed by atoms with E-state index in [1.165, 1.54) is 11.8 Å². The van der Waals surface area contributed by atoms with E-state index in [1.807, 2.05) is 24.3 Å². The average molecular weight is 392 g/mol. The summed E-state index contributed by atoms with van der Waals surface area (Å²) in [4.78, 5) is 31.7. The van der Waals surface area contributed by atoms with Crippen LogP contribution in [0, 0.1) is 0 Å². The predicted octanol–water partition coefficient (Wildman–Crippen LogP) is 3.28. The molecular formula is C16H14BrN3O2S. The molecule has 2 heterocycles. The zero-order valence-electron chi connectivity index (χ0n) is 12.1. The summed E-state index contributed by atoms with van der Waals surface area (Å²) in [6, 6.07) is 7.63. The predicted molar refractivity (Wildman–Crippen MR) is 95.0 cm³/mol. The lowest BCUT2D eigenvalue weighted by molar-refractivity contribution is -0.116. The Labute approximate surface area is 145 Å². The number of benzene rings is 1. The summed E-state index contributed by atoms with van der Waals surface area (Å²) in [5.74, 6) is 0.556. The summed E-state index contributed by atoms with van der Waals surface area (Å²) in [5, 5.41) is 3.19. The first-order chi connectivity index (χ1) is 11.1. The van der Waals surface area contributed by atoms with E-state index in [1.54, 1.807) is 6.08 Å². The van der Waals surface area contributed by atoms with E-state index in [0.717, 1.165) is 10.0 Å². The van der Waals surface area contributed by atoms with Crippen LogP contribution in [0.2, 0.25) is 0 Å². The van der Waals surface area contributed by atoms with Gasteiger partial charge >= 0.3 is 0 Å². The summed E-state index contributed by atoms with van der Waals surface area (Å²) in [7, 11) is 0. The highest BCUT2D eigenvalue weighted by Gasteiger charge is 2.30. The third kappa shape index (κ3) is 3.40. The Morgan fingerprint density at radius 3 is 2.78 bits per heavy atom. The maximum atomic E-state index is 12.5. The largest absolute Gasteiger partial charge is 0.310 e. The van der Waals surface area contributed by atoms with Gasteiger partial charge in [-0.2, -0.15) is 0 Å². The van der Waals surface area contributed by atoms with Gasteiger partial charge in [0.05, 0.1) is 5.56 Å². The summed E-state index contributed by atoms with van der Waals surface area (Å²) >= 11 is 4.76. The molecule has 1 aromatic heterocycles. The van der Waals surface area contributed by atoms with Gasteiger partial charge in [0.25, 0.3) is 5.56 Å². The number of hydrogen-bond acceptors (Lipinski definition) is 4. The van der Waals surface area contributed by atoms with Gasteiger partial charge in [-0.25, -0.2) is 4.98 Å². The fraction of sp³-hybridized carbons (Fsp3) is 0.188. The second kappa shape index (κ2) is 6.72. The highest BCUT2D eigenvalue weighted by atomic mass is 79.9. The zero-order chi connectivity index (χ0) is 16.4. The van der Waals surface area contributed by atoms with Crippen molar-refractivity contribution >= 4 is 39.4 Å². The number of nitrogens with zero attached hydrogens (tertiary/aromatic N) is 1. The summed E-state index contributed by atoms with van der Waals surface area (Å²) in [5.41, 5.74) is 1.22. The molecule has 0 bridgehead atoms. The van der Waals surface area contributed by atoms with Crippen LogP contribution in [0.1, 0.15) is 23.5 Å². The molecule has 5 nitrogen and oxygen atoms in total. The Balaban J connectivity index is 2.06. The molecule has 7 heteroatoms. The standard InChI is InChI=1S/C16H14BrN3O2S/c1-2-7-23-16-19-14-13(15(22)20-16)11(8-12(21)18-14)9-3-5-10(17)6-4-9/h2-6,11H,1,7-8H2,(H2,18,19,20,21,22)/t11-/m0/s1. The number of aromatic nitrogens is 2.